The van der Waals surface area contributed by atoms with Crippen molar-refractivity contribution < 1.29 is 8.42 Å². The molecule has 1 N–H and O–H groups in total. The Hall–Kier alpha value is -0.890. The van der Waals surface area contributed by atoms with Crippen LogP contribution in [0.2, 0.25) is 5.15 Å². The van der Waals surface area contributed by atoms with Gasteiger partial charge in [-0.2, -0.15) is 0 Å². The minimum Gasteiger partial charge on any atom is -0.324 e. The van der Waals surface area contributed by atoms with Gasteiger partial charge in [0.25, 0.3) is 10.0 Å². The number of aryl methyl sites for hydroxylation is 2. The van der Waals surface area contributed by atoms with E-state index in [1.54, 1.807) is 18.4 Å². The summed E-state index contributed by atoms with van der Waals surface area (Å²) in [6, 6.07) is 3.92. The third kappa shape index (κ3) is 3.17. The molecule has 0 aliphatic rings. The van der Waals surface area contributed by atoms with Crippen LogP contribution in [-0.4, -0.2) is 18.0 Å². The quantitative estimate of drug-likeness (QED) is 0.918. The van der Waals surface area contributed by atoms with Gasteiger partial charge in [0, 0.05) is 23.3 Å². The maximum absolute atomic E-state index is 12.0. The summed E-state index contributed by atoms with van der Waals surface area (Å²) in [5, 5.41) is -0.0307. The molecule has 0 bridgehead atoms. The van der Waals surface area contributed by atoms with Gasteiger partial charge in [0.2, 0.25) is 5.03 Å². The zero-order chi connectivity index (χ0) is 14.0. The van der Waals surface area contributed by atoms with Crippen LogP contribution in [0.1, 0.15) is 16.7 Å². The molecule has 2 heterocycles. The highest BCUT2D eigenvalue weighted by Crippen LogP contribution is 2.20. The molecule has 2 aromatic rings. The summed E-state index contributed by atoms with van der Waals surface area (Å²) >= 11 is 7.48. The number of nitrogens with one attached hydrogen (secondary N) is 1. The normalized spacial score (nSPS) is 11.9. The predicted octanol–water partition coefficient (Wildman–Crippen LogP) is 2.18. The van der Waals surface area contributed by atoms with E-state index in [9.17, 15) is 8.42 Å². The van der Waals surface area contributed by atoms with Crippen molar-refractivity contribution in [3.8, 4) is 0 Å². The number of sulfonamides is 1. The Kier molecular flexibility index (Phi) is 4.29. The lowest BCUT2D eigenvalue weighted by Crippen LogP contribution is -2.23. The van der Waals surface area contributed by atoms with Crippen LogP contribution < -0.4 is 4.72 Å². The summed E-state index contributed by atoms with van der Waals surface area (Å²) in [4.78, 5) is 6.00. The molecule has 104 valence electrons. The first kappa shape index (κ1) is 14.5. The van der Waals surface area contributed by atoms with Crippen molar-refractivity contribution in [3.63, 3.8) is 0 Å². The number of aromatic nitrogens is 2. The maximum Gasteiger partial charge on any atom is 0.261 e. The van der Waals surface area contributed by atoms with Crippen molar-refractivity contribution in [3.05, 3.63) is 33.4 Å². The number of hydrogen-bond acceptors (Lipinski definition) is 4. The molecule has 0 radical (unpaired) electrons. The van der Waals surface area contributed by atoms with E-state index < -0.39 is 10.0 Å². The molecule has 8 heteroatoms. The van der Waals surface area contributed by atoms with Crippen LogP contribution in [-0.2, 0) is 30.0 Å². The highest BCUT2D eigenvalue weighted by Gasteiger charge is 2.22. The minimum absolute atomic E-state index is 0.105. The Bertz CT molecular complexity index is 676. The lowest BCUT2D eigenvalue weighted by molar-refractivity contribution is 0.578. The molecule has 5 nitrogen and oxygen atoms in total. The van der Waals surface area contributed by atoms with Crippen molar-refractivity contribution in [2.45, 2.75) is 24.9 Å². The van der Waals surface area contributed by atoms with Gasteiger partial charge in [0.05, 0.1) is 6.33 Å². The third-order valence-corrected chi connectivity index (χ3v) is 5.71. The molecular formula is C11H14ClN3O2S2. The van der Waals surface area contributed by atoms with Crippen molar-refractivity contribution in [1.29, 1.82) is 0 Å². The van der Waals surface area contributed by atoms with E-state index in [1.165, 1.54) is 15.8 Å². The molecule has 2 rings (SSSR count). The fourth-order valence-electron chi connectivity index (χ4n) is 1.52. The van der Waals surface area contributed by atoms with E-state index in [0.717, 1.165) is 11.3 Å². The lowest BCUT2D eigenvalue weighted by atomic mass is 10.4. The largest absolute Gasteiger partial charge is 0.324 e. The fraction of sp³-hybridized carbons (Fsp3) is 0.364. The number of hydrogen-bond donors (Lipinski definition) is 1. The highest BCUT2D eigenvalue weighted by atomic mass is 35.5. The molecule has 0 aromatic carbocycles. The van der Waals surface area contributed by atoms with E-state index in [1.807, 2.05) is 12.1 Å². The van der Waals surface area contributed by atoms with Gasteiger partial charge < -0.3 is 4.57 Å². The van der Waals surface area contributed by atoms with Gasteiger partial charge in [-0.1, -0.05) is 18.5 Å². The zero-order valence-corrected chi connectivity index (χ0v) is 12.9. The van der Waals surface area contributed by atoms with Crippen LogP contribution in [0.15, 0.2) is 23.5 Å². The standard InChI is InChI=1S/C11H14ClN3O2S2/c1-3-8-4-5-9(18-8)6-14-19(16,17)11-10(12)15(2)7-13-11/h4-5,7,14H,3,6H2,1-2H3. The van der Waals surface area contributed by atoms with Crippen LogP contribution in [0.5, 0.6) is 0 Å². The Morgan fingerprint density at radius 2 is 2.11 bits per heavy atom. The minimum atomic E-state index is -3.67. The van der Waals surface area contributed by atoms with Crippen LogP contribution >= 0.6 is 22.9 Å². The van der Waals surface area contributed by atoms with Gasteiger partial charge in [-0.15, -0.1) is 11.3 Å². The van der Waals surface area contributed by atoms with Gasteiger partial charge in [0.15, 0.2) is 0 Å². The second-order valence-electron chi connectivity index (χ2n) is 4.00. The third-order valence-electron chi connectivity index (χ3n) is 2.59. The van der Waals surface area contributed by atoms with Crippen molar-refractivity contribution in [2.24, 2.45) is 7.05 Å². The van der Waals surface area contributed by atoms with Crippen molar-refractivity contribution >= 4 is 33.0 Å². The summed E-state index contributed by atoms with van der Waals surface area (Å²) in [5.74, 6) is 0. The van der Waals surface area contributed by atoms with Crippen molar-refractivity contribution in [2.75, 3.05) is 0 Å². The van der Waals surface area contributed by atoms with E-state index >= 15 is 0 Å². The molecule has 0 aliphatic carbocycles. The molecule has 0 fully saturated rings. The highest BCUT2D eigenvalue weighted by molar-refractivity contribution is 7.89. The van der Waals surface area contributed by atoms with Gasteiger partial charge in [0.1, 0.15) is 5.15 Å². The van der Waals surface area contributed by atoms with Gasteiger partial charge in [-0.3, -0.25) is 0 Å². The summed E-state index contributed by atoms with van der Waals surface area (Å²) in [5.41, 5.74) is 0. The smallest absolute Gasteiger partial charge is 0.261 e. The number of thiophene rings is 1. The molecule has 0 spiro atoms. The first-order valence-electron chi connectivity index (χ1n) is 5.68. The van der Waals surface area contributed by atoms with Crippen LogP contribution in [0.25, 0.3) is 0 Å². The second kappa shape index (κ2) is 5.62. The van der Waals surface area contributed by atoms with E-state index in [-0.39, 0.29) is 16.7 Å². The Morgan fingerprint density at radius 3 is 2.63 bits per heavy atom. The second-order valence-corrected chi connectivity index (χ2v) is 7.29. The number of imidazole rings is 1. The van der Waals surface area contributed by atoms with Crippen LogP contribution in [0.4, 0.5) is 0 Å². The monoisotopic (exact) mass is 319 g/mol. The molecule has 0 amide bonds. The van der Waals surface area contributed by atoms with E-state index in [4.69, 9.17) is 11.6 Å². The number of rotatable bonds is 5. The summed E-state index contributed by atoms with van der Waals surface area (Å²) in [7, 11) is -2.03. The summed E-state index contributed by atoms with van der Waals surface area (Å²) < 4.78 is 28.1. The topological polar surface area (TPSA) is 64.0 Å². The molecule has 0 atom stereocenters. The molecule has 0 aliphatic heterocycles. The predicted molar refractivity (Wildman–Crippen MR) is 75.9 cm³/mol. The van der Waals surface area contributed by atoms with E-state index in [2.05, 4.69) is 16.6 Å². The molecule has 0 saturated carbocycles. The van der Waals surface area contributed by atoms with Gasteiger partial charge in [-0.05, 0) is 18.6 Å². The van der Waals surface area contributed by atoms with Crippen LogP contribution in [0, 0.1) is 0 Å². The molecule has 0 unspecified atom stereocenters. The molecule has 19 heavy (non-hydrogen) atoms. The van der Waals surface area contributed by atoms with Gasteiger partial charge >= 0.3 is 0 Å². The number of halogens is 1. The molecular weight excluding hydrogens is 306 g/mol. The fourth-order valence-corrected chi connectivity index (χ4v) is 3.94. The SMILES string of the molecule is CCc1ccc(CNS(=O)(=O)c2ncn(C)c2Cl)s1. The first-order chi connectivity index (χ1) is 8.94. The lowest BCUT2D eigenvalue weighted by Gasteiger charge is -2.03. The van der Waals surface area contributed by atoms with Crippen molar-refractivity contribution in [1.82, 2.24) is 14.3 Å². The molecule has 0 saturated heterocycles. The Morgan fingerprint density at radius 1 is 1.42 bits per heavy atom. The Balaban J connectivity index is 2.12. The average Bonchev–Trinajstić information content (AvgIpc) is 2.95. The first-order valence-corrected chi connectivity index (χ1v) is 8.36. The zero-order valence-electron chi connectivity index (χ0n) is 10.6. The van der Waals surface area contributed by atoms with Crippen LogP contribution in [0.3, 0.4) is 0 Å². The van der Waals surface area contributed by atoms with Gasteiger partial charge in [-0.25, -0.2) is 18.1 Å². The number of nitrogens with zero attached hydrogens (tertiary/aromatic N) is 2. The average molecular weight is 320 g/mol. The summed E-state index contributed by atoms with van der Waals surface area (Å²) in [6.07, 6.45) is 2.32. The van der Waals surface area contributed by atoms with E-state index in [0.29, 0.717) is 0 Å². The molecule has 2 aromatic heterocycles. The maximum atomic E-state index is 12.0. The summed E-state index contributed by atoms with van der Waals surface area (Å²) in [6.45, 7) is 2.31. The Labute approximate surface area is 121 Å².